The van der Waals surface area contributed by atoms with Crippen LogP contribution in [0.3, 0.4) is 0 Å². The number of pyridine rings is 1. The lowest BCUT2D eigenvalue weighted by Crippen LogP contribution is -2.47. The van der Waals surface area contributed by atoms with Crippen LogP contribution >= 0.6 is 0 Å². The maximum atomic E-state index is 13.0. The third-order valence-electron chi connectivity index (χ3n) is 5.78. The summed E-state index contributed by atoms with van der Waals surface area (Å²) in [6.45, 7) is 3.88. The molecule has 2 atom stereocenters. The van der Waals surface area contributed by atoms with Gasteiger partial charge in [0.1, 0.15) is 5.75 Å². The molecule has 3 aliphatic heterocycles. The summed E-state index contributed by atoms with van der Waals surface area (Å²) in [5.41, 5.74) is 2.34. The first-order valence-electron chi connectivity index (χ1n) is 9.75. The van der Waals surface area contributed by atoms with Crippen molar-refractivity contribution in [3.8, 4) is 5.75 Å². The molecule has 1 aromatic heterocycles. The Morgan fingerprint density at radius 1 is 1.04 bits per heavy atom. The molecule has 1 amide bonds. The Labute approximate surface area is 161 Å². The number of carbonyl (C=O) groups excluding carboxylic acids is 1. The summed E-state index contributed by atoms with van der Waals surface area (Å²) in [5.74, 6) is 1.65. The molecule has 1 aromatic carbocycles. The normalized spacial score (nSPS) is 22.5. The summed E-state index contributed by atoms with van der Waals surface area (Å²) in [7, 11) is 1.66. The van der Waals surface area contributed by atoms with E-state index >= 15 is 0 Å². The monoisotopic (exact) mass is 365 g/mol. The average molecular weight is 365 g/mol. The molecule has 0 unspecified atom stereocenters. The van der Waals surface area contributed by atoms with Crippen LogP contribution in [-0.2, 0) is 17.8 Å². The molecule has 2 aromatic rings. The molecule has 5 nitrogen and oxygen atoms in total. The molecule has 27 heavy (non-hydrogen) atoms. The lowest BCUT2D eigenvalue weighted by Gasteiger charge is -2.36. The summed E-state index contributed by atoms with van der Waals surface area (Å²) in [6.07, 6.45) is 6.52. The molecular weight excluding hydrogens is 338 g/mol. The number of carbonyl (C=O) groups is 1. The fourth-order valence-electron chi connectivity index (χ4n) is 4.38. The summed E-state index contributed by atoms with van der Waals surface area (Å²) >= 11 is 0. The minimum Gasteiger partial charge on any atom is -0.497 e. The van der Waals surface area contributed by atoms with Gasteiger partial charge in [-0.1, -0.05) is 12.1 Å². The highest BCUT2D eigenvalue weighted by atomic mass is 16.5. The second kappa shape index (κ2) is 8.09. The van der Waals surface area contributed by atoms with Crippen LogP contribution in [0.2, 0.25) is 0 Å². The number of ether oxygens (including phenoxy) is 1. The first kappa shape index (κ1) is 18.0. The number of benzene rings is 1. The number of piperidine rings is 1. The molecule has 5 heteroatoms. The van der Waals surface area contributed by atoms with Crippen molar-refractivity contribution in [3.05, 3.63) is 59.9 Å². The zero-order valence-electron chi connectivity index (χ0n) is 15.9. The van der Waals surface area contributed by atoms with Crippen LogP contribution in [0.25, 0.3) is 0 Å². The highest BCUT2D eigenvalue weighted by molar-refractivity contribution is 5.79. The van der Waals surface area contributed by atoms with Gasteiger partial charge in [-0.15, -0.1) is 0 Å². The Hall–Kier alpha value is -2.40. The van der Waals surface area contributed by atoms with Crippen LogP contribution in [0.4, 0.5) is 0 Å². The fraction of sp³-hybridized carbons (Fsp3) is 0.455. The van der Waals surface area contributed by atoms with E-state index in [0.29, 0.717) is 18.4 Å². The molecular formula is C22H27N3O2. The minimum absolute atomic E-state index is 0.251. The standard InChI is InChI=1S/C22H27N3O2/c1-27-21-6-3-17(4-7-21)12-22(26)25-15-19-2-5-20(25)16-24(14-19)13-18-8-10-23-11-9-18/h3-4,6-11,19-20H,2,5,12-16H2,1H3/t19-,20+/m0/s1. The average Bonchev–Trinajstić information content (AvgIpc) is 3.00. The van der Waals surface area contributed by atoms with Crippen LogP contribution in [0.15, 0.2) is 48.8 Å². The zero-order valence-corrected chi connectivity index (χ0v) is 15.9. The maximum Gasteiger partial charge on any atom is 0.227 e. The summed E-state index contributed by atoms with van der Waals surface area (Å²) in [6, 6.07) is 12.3. The molecule has 3 saturated heterocycles. The molecule has 5 rings (SSSR count). The van der Waals surface area contributed by atoms with Gasteiger partial charge in [0.25, 0.3) is 0 Å². The Kier molecular flexibility index (Phi) is 5.39. The molecule has 2 bridgehead atoms. The number of hydrogen-bond acceptors (Lipinski definition) is 4. The van der Waals surface area contributed by atoms with Crippen molar-refractivity contribution in [3.63, 3.8) is 0 Å². The lowest BCUT2D eigenvalue weighted by atomic mass is 9.94. The third-order valence-corrected chi connectivity index (χ3v) is 5.78. The largest absolute Gasteiger partial charge is 0.497 e. The van der Waals surface area contributed by atoms with E-state index in [4.69, 9.17) is 4.74 Å². The van der Waals surface area contributed by atoms with Crippen molar-refractivity contribution in [2.24, 2.45) is 5.92 Å². The number of rotatable bonds is 5. The van der Waals surface area contributed by atoms with Crippen LogP contribution < -0.4 is 4.74 Å². The molecule has 4 heterocycles. The van der Waals surface area contributed by atoms with Crippen molar-refractivity contribution in [1.29, 1.82) is 0 Å². The minimum atomic E-state index is 0.251. The number of aromatic nitrogens is 1. The zero-order chi connectivity index (χ0) is 18.6. The van der Waals surface area contributed by atoms with Gasteiger partial charge in [0, 0.05) is 44.6 Å². The molecule has 3 aliphatic rings. The quantitative estimate of drug-likeness (QED) is 0.817. The highest BCUT2D eigenvalue weighted by Crippen LogP contribution is 2.29. The van der Waals surface area contributed by atoms with E-state index in [2.05, 4.69) is 26.9 Å². The van der Waals surface area contributed by atoms with E-state index in [0.717, 1.165) is 43.9 Å². The Morgan fingerprint density at radius 2 is 1.81 bits per heavy atom. The van der Waals surface area contributed by atoms with Crippen LogP contribution in [0, 0.1) is 5.92 Å². The summed E-state index contributed by atoms with van der Waals surface area (Å²) < 4.78 is 5.20. The number of methoxy groups -OCH3 is 1. The number of fused-ring (bicyclic) bond motifs is 4. The van der Waals surface area contributed by atoms with Crippen molar-refractivity contribution >= 4 is 5.91 Å². The van der Waals surface area contributed by atoms with Gasteiger partial charge >= 0.3 is 0 Å². The van der Waals surface area contributed by atoms with E-state index in [-0.39, 0.29) is 5.91 Å². The van der Waals surface area contributed by atoms with Gasteiger partial charge in [-0.2, -0.15) is 0 Å². The number of amides is 1. The van der Waals surface area contributed by atoms with E-state index in [1.54, 1.807) is 7.11 Å². The Bertz CT molecular complexity index is 763. The van der Waals surface area contributed by atoms with Gasteiger partial charge in [-0.3, -0.25) is 14.7 Å². The second-order valence-corrected chi connectivity index (χ2v) is 7.72. The van der Waals surface area contributed by atoms with Crippen LogP contribution in [0.1, 0.15) is 24.0 Å². The van der Waals surface area contributed by atoms with E-state index < -0.39 is 0 Å². The SMILES string of the molecule is COc1ccc(CC(=O)N2C[C@H]3CC[C@@H]2CN(Cc2ccncc2)C3)cc1. The van der Waals surface area contributed by atoms with Crippen LogP contribution in [0.5, 0.6) is 5.75 Å². The fourth-order valence-corrected chi connectivity index (χ4v) is 4.38. The summed E-state index contributed by atoms with van der Waals surface area (Å²) in [4.78, 5) is 21.8. The first-order valence-corrected chi connectivity index (χ1v) is 9.75. The molecule has 0 saturated carbocycles. The predicted octanol–water partition coefficient (Wildman–Crippen LogP) is 2.76. The van der Waals surface area contributed by atoms with E-state index in [1.165, 1.54) is 12.0 Å². The topological polar surface area (TPSA) is 45.7 Å². The Balaban J connectivity index is 1.41. The predicted molar refractivity (Wildman–Crippen MR) is 104 cm³/mol. The number of nitrogens with zero attached hydrogens (tertiary/aromatic N) is 3. The van der Waals surface area contributed by atoms with Gasteiger partial charge in [-0.05, 0) is 54.2 Å². The van der Waals surface area contributed by atoms with Gasteiger partial charge in [-0.25, -0.2) is 0 Å². The number of hydrogen-bond donors (Lipinski definition) is 0. The molecule has 0 radical (unpaired) electrons. The van der Waals surface area contributed by atoms with E-state index in [1.807, 2.05) is 36.7 Å². The van der Waals surface area contributed by atoms with Crippen molar-refractivity contribution < 1.29 is 9.53 Å². The molecule has 142 valence electrons. The third kappa shape index (κ3) is 4.30. The van der Waals surface area contributed by atoms with Gasteiger partial charge in [0.05, 0.1) is 13.5 Å². The molecule has 0 N–H and O–H groups in total. The second-order valence-electron chi connectivity index (χ2n) is 7.72. The van der Waals surface area contributed by atoms with E-state index in [9.17, 15) is 4.79 Å². The molecule has 0 spiro atoms. The van der Waals surface area contributed by atoms with Gasteiger partial charge in [0.2, 0.25) is 5.91 Å². The molecule has 3 fully saturated rings. The van der Waals surface area contributed by atoms with Crippen molar-refractivity contribution in [2.75, 3.05) is 26.7 Å². The van der Waals surface area contributed by atoms with Gasteiger partial charge < -0.3 is 9.64 Å². The van der Waals surface area contributed by atoms with Crippen molar-refractivity contribution in [1.82, 2.24) is 14.8 Å². The first-order chi connectivity index (χ1) is 13.2. The van der Waals surface area contributed by atoms with Crippen LogP contribution in [-0.4, -0.2) is 53.5 Å². The maximum absolute atomic E-state index is 13.0. The Morgan fingerprint density at radius 3 is 2.56 bits per heavy atom. The van der Waals surface area contributed by atoms with Crippen molar-refractivity contribution in [2.45, 2.75) is 31.8 Å². The van der Waals surface area contributed by atoms with Gasteiger partial charge in [0.15, 0.2) is 0 Å². The highest BCUT2D eigenvalue weighted by Gasteiger charge is 2.36. The molecule has 0 aliphatic carbocycles. The lowest BCUT2D eigenvalue weighted by molar-refractivity contribution is -0.134. The smallest absolute Gasteiger partial charge is 0.227 e. The summed E-state index contributed by atoms with van der Waals surface area (Å²) in [5, 5.41) is 0.